The average Bonchev–Trinajstić information content (AvgIpc) is 2.04. The van der Waals surface area contributed by atoms with Crippen LogP contribution in [0.15, 0.2) is 0 Å². The zero-order chi connectivity index (χ0) is 9.40. The molecule has 2 unspecified atom stereocenters. The first-order valence-corrected chi connectivity index (χ1v) is 5.76. The van der Waals surface area contributed by atoms with Crippen molar-refractivity contribution in [2.45, 2.75) is 26.4 Å². The topological polar surface area (TPSA) is 32.3 Å². The molecule has 0 rings (SSSR count). The van der Waals surface area contributed by atoms with Gasteiger partial charge in [0.15, 0.2) is 0 Å². The highest BCUT2D eigenvalue weighted by Gasteiger charge is 2.04. The van der Waals surface area contributed by atoms with Crippen LogP contribution in [0, 0.1) is 5.92 Å². The van der Waals surface area contributed by atoms with Gasteiger partial charge in [-0.15, -0.1) is 0 Å². The summed E-state index contributed by atoms with van der Waals surface area (Å²) in [5.74, 6) is 2.79. The molecule has 2 N–H and O–H groups in total. The maximum absolute atomic E-state index is 9.35. The van der Waals surface area contributed by atoms with Gasteiger partial charge in [-0.2, -0.15) is 11.8 Å². The fraction of sp³-hybridized carbons (Fsp3) is 1.00. The molecule has 2 atom stereocenters. The first-order valence-electron chi connectivity index (χ1n) is 4.61. The van der Waals surface area contributed by atoms with Gasteiger partial charge in [0.05, 0.1) is 6.10 Å². The lowest BCUT2D eigenvalue weighted by Gasteiger charge is -2.11. The third-order valence-corrected chi connectivity index (χ3v) is 3.27. The van der Waals surface area contributed by atoms with Crippen molar-refractivity contribution in [1.29, 1.82) is 0 Å². The first-order chi connectivity index (χ1) is 5.70. The molecule has 0 heterocycles. The Bertz CT molecular complexity index is 101. The van der Waals surface area contributed by atoms with Crippen LogP contribution in [0.3, 0.4) is 0 Å². The van der Waals surface area contributed by atoms with Crippen LogP contribution in [0.1, 0.15) is 20.3 Å². The van der Waals surface area contributed by atoms with Crippen LogP contribution < -0.4 is 5.32 Å². The van der Waals surface area contributed by atoms with Gasteiger partial charge >= 0.3 is 0 Å². The monoisotopic (exact) mass is 191 g/mol. The van der Waals surface area contributed by atoms with E-state index in [-0.39, 0.29) is 6.10 Å². The van der Waals surface area contributed by atoms with Crippen LogP contribution in [0.2, 0.25) is 0 Å². The van der Waals surface area contributed by atoms with Crippen LogP contribution in [-0.2, 0) is 0 Å². The van der Waals surface area contributed by atoms with Crippen molar-refractivity contribution < 1.29 is 5.11 Å². The Labute approximate surface area is 80.1 Å². The molecule has 2 nitrogen and oxygen atoms in total. The summed E-state index contributed by atoms with van der Waals surface area (Å²) in [6.07, 6.45) is 1.04. The molecule has 0 spiro atoms. The maximum atomic E-state index is 9.35. The molecule has 0 aromatic carbocycles. The Morgan fingerprint density at radius 2 is 2.08 bits per heavy atom. The van der Waals surface area contributed by atoms with Gasteiger partial charge in [0.25, 0.3) is 0 Å². The lowest BCUT2D eigenvalue weighted by molar-refractivity contribution is 0.199. The molecule has 0 bridgehead atoms. The highest BCUT2D eigenvalue weighted by molar-refractivity contribution is 7.99. The van der Waals surface area contributed by atoms with E-state index in [0.29, 0.717) is 6.54 Å². The third kappa shape index (κ3) is 6.95. The number of nitrogens with one attached hydrogen (secondary N) is 1. The Morgan fingerprint density at radius 3 is 2.58 bits per heavy atom. The van der Waals surface area contributed by atoms with Crippen molar-refractivity contribution >= 4 is 11.8 Å². The minimum absolute atomic E-state index is 0.191. The predicted molar refractivity (Wildman–Crippen MR) is 56.7 cm³/mol. The second-order valence-corrected chi connectivity index (χ2v) is 4.34. The van der Waals surface area contributed by atoms with Gasteiger partial charge < -0.3 is 10.4 Å². The Morgan fingerprint density at radius 1 is 1.42 bits per heavy atom. The average molecular weight is 191 g/mol. The van der Waals surface area contributed by atoms with Crippen molar-refractivity contribution in [2.75, 3.05) is 25.1 Å². The molecule has 12 heavy (non-hydrogen) atoms. The van der Waals surface area contributed by atoms with Crippen LogP contribution in [-0.4, -0.2) is 36.3 Å². The zero-order valence-electron chi connectivity index (χ0n) is 8.34. The minimum Gasteiger partial charge on any atom is -0.391 e. The standard InChI is InChI=1S/C9H21NOS/c1-4-8(2)6-12-7-9(11)5-10-3/h8-11H,4-7H2,1-3H3. The molecule has 74 valence electrons. The summed E-state index contributed by atoms with van der Waals surface area (Å²) in [7, 11) is 1.86. The van der Waals surface area contributed by atoms with E-state index >= 15 is 0 Å². The molecule has 0 saturated carbocycles. The highest BCUT2D eigenvalue weighted by Crippen LogP contribution is 2.11. The summed E-state index contributed by atoms with van der Waals surface area (Å²) < 4.78 is 0. The smallest absolute Gasteiger partial charge is 0.0754 e. The zero-order valence-corrected chi connectivity index (χ0v) is 9.16. The van der Waals surface area contributed by atoms with Gasteiger partial charge in [-0.3, -0.25) is 0 Å². The van der Waals surface area contributed by atoms with Gasteiger partial charge in [-0.1, -0.05) is 20.3 Å². The fourth-order valence-corrected chi connectivity index (χ4v) is 1.98. The second kappa shape index (κ2) is 7.90. The second-order valence-electron chi connectivity index (χ2n) is 3.26. The van der Waals surface area contributed by atoms with E-state index in [2.05, 4.69) is 19.2 Å². The highest BCUT2D eigenvalue weighted by atomic mass is 32.2. The van der Waals surface area contributed by atoms with E-state index in [0.717, 1.165) is 17.4 Å². The number of hydrogen-bond donors (Lipinski definition) is 2. The van der Waals surface area contributed by atoms with E-state index < -0.39 is 0 Å². The normalized spacial score (nSPS) is 16.0. The fourth-order valence-electron chi connectivity index (χ4n) is 0.818. The van der Waals surface area contributed by atoms with Crippen molar-refractivity contribution in [3.63, 3.8) is 0 Å². The van der Waals surface area contributed by atoms with Gasteiger partial charge in [-0.05, 0) is 18.7 Å². The van der Waals surface area contributed by atoms with Gasteiger partial charge in [0, 0.05) is 12.3 Å². The van der Waals surface area contributed by atoms with E-state index in [1.54, 1.807) is 0 Å². The molecule has 0 aromatic rings. The number of aliphatic hydroxyl groups is 1. The molecule has 0 saturated heterocycles. The molecule has 0 fully saturated rings. The van der Waals surface area contributed by atoms with Crippen molar-refractivity contribution in [1.82, 2.24) is 5.32 Å². The number of rotatable bonds is 7. The van der Waals surface area contributed by atoms with Crippen LogP contribution in [0.5, 0.6) is 0 Å². The lowest BCUT2D eigenvalue weighted by atomic mass is 10.2. The van der Waals surface area contributed by atoms with Crippen LogP contribution >= 0.6 is 11.8 Å². The molecular weight excluding hydrogens is 170 g/mol. The van der Waals surface area contributed by atoms with Crippen LogP contribution in [0.25, 0.3) is 0 Å². The van der Waals surface area contributed by atoms with Crippen molar-refractivity contribution in [3.05, 3.63) is 0 Å². The molecule has 0 amide bonds. The molecule has 3 heteroatoms. The predicted octanol–water partition coefficient (Wildman–Crippen LogP) is 1.35. The van der Waals surface area contributed by atoms with E-state index in [9.17, 15) is 5.11 Å². The van der Waals surface area contributed by atoms with E-state index in [1.807, 2.05) is 18.8 Å². The summed E-state index contributed by atoms with van der Waals surface area (Å²) in [5.41, 5.74) is 0. The van der Waals surface area contributed by atoms with Gasteiger partial charge in [-0.25, -0.2) is 0 Å². The van der Waals surface area contributed by atoms with Gasteiger partial charge in [0.2, 0.25) is 0 Å². The third-order valence-electron chi connectivity index (χ3n) is 1.85. The molecule has 0 aliphatic rings. The number of thioether (sulfide) groups is 1. The quantitative estimate of drug-likeness (QED) is 0.637. The largest absolute Gasteiger partial charge is 0.391 e. The summed E-state index contributed by atoms with van der Waals surface area (Å²) >= 11 is 1.84. The van der Waals surface area contributed by atoms with Crippen molar-refractivity contribution in [3.8, 4) is 0 Å². The molecular formula is C9H21NOS. The maximum Gasteiger partial charge on any atom is 0.0754 e. The Balaban J connectivity index is 3.18. The Hall–Kier alpha value is 0.270. The van der Waals surface area contributed by atoms with E-state index in [4.69, 9.17) is 0 Å². The van der Waals surface area contributed by atoms with Gasteiger partial charge in [0.1, 0.15) is 0 Å². The van der Waals surface area contributed by atoms with Crippen molar-refractivity contribution in [2.24, 2.45) is 5.92 Å². The molecule has 0 aliphatic carbocycles. The molecule has 0 aromatic heterocycles. The number of aliphatic hydroxyl groups excluding tert-OH is 1. The minimum atomic E-state index is -0.191. The molecule has 0 aliphatic heterocycles. The number of hydrogen-bond acceptors (Lipinski definition) is 3. The summed E-state index contributed by atoms with van der Waals surface area (Å²) in [5, 5.41) is 12.3. The van der Waals surface area contributed by atoms with Crippen LogP contribution in [0.4, 0.5) is 0 Å². The molecule has 0 radical (unpaired) electrons. The SMILES string of the molecule is CCC(C)CSCC(O)CNC. The lowest BCUT2D eigenvalue weighted by Crippen LogP contribution is -2.25. The summed E-state index contributed by atoms with van der Waals surface area (Å²) in [6.45, 7) is 5.15. The number of likely N-dealkylation sites (N-methyl/N-ethyl adjacent to an activating group) is 1. The Kier molecular flexibility index (Phi) is 8.07. The van der Waals surface area contributed by atoms with E-state index in [1.165, 1.54) is 6.42 Å². The summed E-state index contributed by atoms with van der Waals surface area (Å²) in [4.78, 5) is 0. The first kappa shape index (κ1) is 12.3. The summed E-state index contributed by atoms with van der Waals surface area (Å²) in [6, 6.07) is 0.